The van der Waals surface area contributed by atoms with E-state index in [1.54, 1.807) is 11.0 Å². The topological polar surface area (TPSA) is 97.0 Å². The summed E-state index contributed by atoms with van der Waals surface area (Å²) in [6.45, 7) is 9.40. The highest BCUT2D eigenvalue weighted by atomic mass is 32.2. The summed E-state index contributed by atoms with van der Waals surface area (Å²) in [4.78, 5) is 14.2. The number of rotatable bonds is 8. The van der Waals surface area contributed by atoms with E-state index >= 15 is 0 Å². The van der Waals surface area contributed by atoms with Crippen LogP contribution in [-0.4, -0.2) is 64.2 Å². The van der Waals surface area contributed by atoms with Crippen LogP contribution >= 0.6 is 0 Å². The number of ether oxygens (including phenoxy) is 2. The van der Waals surface area contributed by atoms with Crippen molar-refractivity contribution in [3.8, 4) is 11.5 Å². The highest BCUT2D eigenvalue weighted by Gasteiger charge is 2.29. The van der Waals surface area contributed by atoms with Crippen LogP contribution in [0.5, 0.6) is 11.5 Å². The largest absolute Gasteiger partial charge is 0.490 e. The van der Waals surface area contributed by atoms with Gasteiger partial charge in [-0.25, -0.2) is 13.1 Å². The molecule has 8 nitrogen and oxygen atoms in total. The number of benzene rings is 1. The van der Waals surface area contributed by atoms with Crippen molar-refractivity contribution in [2.45, 2.75) is 44.7 Å². The van der Waals surface area contributed by atoms with Crippen LogP contribution in [0.4, 0.5) is 0 Å². The number of nitrogens with one attached hydrogen (secondary N) is 2. The molecule has 1 heterocycles. The quantitative estimate of drug-likeness (QED) is 0.676. The van der Waals surface area contributed by atoms with Gasteiger partial charge in [0.15, 0.2) is 11.5 Å². The third-order valence-electron chi connectivity index (χ3n) is 4.59. The molecule has 27 heavy (non-hydrogen) atoms. The Morgan fingerprint density at radius 2 is 1.89 bits per heavy atom. The van der Waals surface area contributed by atoms with E-state index in [0.29, 0.717) is 37.8 Å². The molecule has 9 heteroatoms. The van der Waals surface area contributed by atoms with Gasteiger partial charge in [0.25, 0.3) is 0 Å². The SMILES string of the molecule is CCOc1ccc(S(=O)(=O)NCC(=O)N2CCNC(C)C2C)cc1OCC. The molecule has 0 saturated carbocycles. The summed E-state index contributed by atoms with van der Waals surface area (Å²) in [6, 6.07) is 4.59. The first-order valence-electron chi connectivity index (χ1n) is 9.22. The number of sulfonamides is 1. The van der Waals surface area contributed by atoms with Gasteiger partial charge in [0.05, 0.1) is 24.7 Å². The summed E-state index contributed by atoms with van der Waals surface area (Å²) in [6.07, 6.45) is 0. The predicted molar refractivity (Wildman–Crippen MR) is 103 cm³/mol. The Kier molecular flexibility index (Phi) is 7.46. The van der Waals surface area contributed by atoms with E-state index in [1.165, 1.54) is 12.1 Å². The zero-order valence-corrected chi connectivity index (χ0v) is 17.1. The Hall–Kier alpha value is -1.84. The van der Waals surface area contributed by atoms with Gasteiger partial charge in [-0.05, 0) is 39.8 Å². The van der Waals surface area contributed by atoms with E-state index in [2.05, 4.69) is 10.0 Å². The highest BCUT2D eigenvalue weighted by molar-refractivity contribution is 7.89. The number of hydrogen-bond acceptors (Lipinski definition) is 6. The second-order valence-corrected chi connectivity index (χ2v) is 8.14. The maximum Gasteiger partial charge on any atom is 0.241 e. The molecule has 1 saturated heterocycles. The van der Waals surface area contributed by atoms with Crippen molar-refractivity contribution in [1.29, 1.82) is 0 Å². The predicted octanol–water partition coefficient (Wildman–Crippen LogP) is 0.971. The molecule has 1 fully saturated rings. The van der Waals surface area contributed by atoms with E-state index < -0.39 is 10.0 Å². The van der Waals surface area contributed by atoms with Crippen molar-refractivity contribution in [3.05, 3.63) is 18.2 Å². The normalized spacial score (nSPS) is 20.4. The molecule has 2 unspecified atom stereocenters. The number of carbonyl (C=O) groups is 1. The summed E-state index contributed by atoms with van der Waals surface area (Å²) in [5.74, 6) is 0.603. The first kappa shape index (κ1) is 21.5. The molecule has 0 radical (unpaired) electrons. The van der Waals surface area contributed by atoms with Crippen molar-refractivity contribution in [3.63, 3.8) is 0 Å². The van der Waals surface area contributed by atoms with E-state index in [4.69, 9.17) is 9.47 Å². The van der Waals surface area contributed by atoms with Gasteiger partial charge in [0.2, 0.25) is 15.9 Å². The Balaban J connectivity index is 2.09. The average Bonchev–Trinajstić information content (AvgIpc) is 2.64. The van der Waals surface area contributed by atoms with Crippen molar-refractivity contribution in [1.82, 2.24) is 14.9 Å². The second kappa shape index (κ2) is 9.38. The van der Waals surface area contributed by atoms with Crippen molar-refractivity contribution >= 4 is 15.9 Å². The van der Waals surface area contributed by atoms with Crippen molar-refractivity contribution in [2.24, 2.45) is 0 Å². The zero-order chi connectivity index (χ0) is 20.0. The summed E-state index contributed by atoms with van der Waals surface area (Å²) < 4.78 is 38.5. The molecule has 0 aromatic heterocycles. The molecule has 1 aromatic rings. The van der Waals surface area contributed by atoms with Gasteiger partial charge < -0.3 is 19.7 Å². The van der Waals surface area contributed by atoms with E-state index in [9.17, 15) is 13.2 Å². The van der Waals surface area contributed by atoms with Crippen LogP contribution in [0.1, 0.15) is 27.7 Å². The number of hydrogen-bond donors (Lipinski definition) is 2. The Morgan fingerprint density at radius 1 is 1.22 bits per heavy atom. The Morgan fingerprint density at radius 3 is 2.56 bits per heavy atom. The van der Waals surface area contributed by atoms with Crippen LogP contribution in [-0.2, 0) is 14.8 Å². The number of carbonyl (C=O) groups excluding carboxylic acids is 1. The Labute approximate surface area is 161 Å². The molecule has 2 N–H and O–H groups in total. The van der Waals surface area contributed by atoms with E-state index in [1.807, 2.05) is 27.7 Å². The van der Waals surface area contributed by atoms with Gasteiger partial charge in [-0.15, -0.1) is 0 Å². The minimum Gasteiger partial charge on any atom is -0.490 e. The van der Waals surface area contributed by atoms with E-state index in [-0.39, 0.29) is 29.4 Å². The van der Waals surface area contributed by atoms with Gasteiger partial charge in [-0.3, -0.25) is 4.79 Å². The molecule has 1 amide bonds. The molecule has 1 aromatic carbocycles. The lowest BCUT2D eigenvalue weighted by Gasteiger charge is -2.38. The van der Waals surface area contributed by atoms with Gasteiger partial charge >= 0.3 is 0 Å². The molecule has 2 atom stereocenters. The molecule has 0 aliphatic carbocycles. The van der Waals surface area contributed by atoms with Crippen LogP contribution in [0, 0.1) is 0 Å². The van der Waals surface area contributed by atoms with Gasteiger partial charge in [-0.2, -0.15) is 0 Å². The average molecular weight is 400 g/mol. The number of nitrogens with zero attached hydrogens (tertiary/aromatic N) is 1. The summed E-state index contributed by atoms with van der Waals surface area (Å²) in [5, 5.41) is 3.29. The first-order valence-corrected chi connectivity index (χ1v) is 10.7. The van der Waals surface area contributed by atoms with Gasteiger partial charge in [0.1, 0.15) is 0 Å². The van der Waals surface area contributed by atoms with Gasteiger partial charge in [0, 0.05) is 31.2 Å². The Bertz CT molecular complexity index is 753. The fourth-order valence-corrected chi connectivity index (χ4v) is 3.94. The fourth-order valence-electron chi connectivity index (χ4n) is 2.95. The minimum atomic E-state index is -3.85. The molecular weight excluding hydrogens is 370 g/mol. The second-order valence-electron chi connectivity index (χ2n) is 6.37. The lowest BCUT2D eigenvalue weighted by molar-refractivity contribution is -0.133. The monoisotopic (exact) mass is 399 g/mol. The number of amides is 1. The molecular formula is C18H29N3O5S. The molecule has 152 valence electrons. The maximum atomic E-state index is 12.6. The van der Waals surface area contributed by atoms with Crippen LogP contribution in [0.15, 0.2) is 23.1 Å². The summed E-state index contributed by atoms with van der Waals surface area (Å²) >= 11 is 0. The standard InChI is InChI=1S/C18H29N3O5S/c1-5-25-16-8-7-15(11-17(16)26-6-2)27(23,24)20-12-18(22)21-10-9-19-13(3)14(21)4/h7-8,11,13-14,19-20H,5-6,9-10,12H2,1-4H3. The lowest BCUT2D eigenvalue weighted by Crippen LogP contribution is -2.58. The lowest BCUT2D eigenvalue weighted by atomic mass is 10.1. The molecule has 1 aliphatic heterocycles. The van der Waals surface area contributed by atoms with Crippen LogP contribution in [0.3, 0.4) is 0 Å². The fraction of sp³-hybridized carbons (Fsp3) is 0.611. The molecule has 1 aliphatic rings. The minimum absolute atomic E-state index is 0.00536. The summed E-state index contributed by atoms with van der Waals surface area (Å²) in [5.41, 5.74) is 0. The third kappa shape index (κ3) is 5.33. The van der Waals surface area contributed by atoms with E-state index in [0.717, 1.165) is 0 Å². The van der Waals surface area contributed by atoms with Crippen LogP contribution in [0.25, 0.3) is 0 Å². The zero-order valence-electron chi connectivity index (χ0n) is 16.3. The third-order valence-corrected chi connectivity index (χ3v) is 5.99. The smallest absolute Gasteiger partial charge is 0.241 e. The van der Waals surface area contributed by atoms with Crippen molar-refractivity contribution in [2.75, 3.05) is 32.8 Å². The van der Waals surface area contributed by atoms with Gasteiger partial charge in [-0.1, -0.05) is 0 Å². The maximum absolute atomic E-state index is 12.6. The highest BCUT2D eigenvalue weighted by Crippen LogP contribution is 2.30. The van der Waals surface area contributed by atoms with Crippen LogP contribution in [0.2, 0.25) is 0 Å². The molecule has 2 rings (SSSR count). The molecule has 0 spiro atoms. The number of piperazine rings is 1. The van der Waals surface area contributed by atoms with Crippen molar-refractivity contribution < 1.29 is 22.7 Å². The molecule has 0 bridgehead atoms. The summed E-state index contributed by atoms with van der Waals surface area (Å²) in [7, 11) is -3.85. The first-order chi connectivity index (χ1) is 12.8. The van der Waals surface area contributed by atoms with Crippen LogP contribution < -0.4 is 19.5 Å².